The molecule has 2 heteroatoms. The lowest BCUT2D eigenvalue weighted by Gasteiger charge is -2.23. The monoisotopic (exact) mass is 588 g/mol. The van der Waals surface area contributed by atoms with E-state index in [-0.39, 0.29) is 12.1 Å². The van der Waals surface area contributed by atoms with Gasteiger partial charge in [-0.25, -0.2) is 0 Å². The smallest absolute Gasteiger partial charge is 0.101 e. The van der Waals surface area contributed by atoms with Gasteiger partial charge in [0.2, 0.25) is 0 Å². The lowest BCUT2D eigenvalue weighted by Crippen LogP contribution is -2.09. The van der Waals surface area contributed by atoms with Crippen molar-refractivity contribution < 1.29 is 0 Å². The van der Waals surface area contributed by atoms with Crippen molar-refractivity contribution in [3.05, 3.63) is 192 Å². The molecular formula is C44H32N2. The highest BCUT2D eigenvalue weighted by Gasteiger charge is 2.24. The number of rotatable bonds is 7. The van der Waals surface area contributed by atoms with Gasteiger partial charge >= 0.3 is 0 Å². The molecular weight excluding hydrogens is 556 g/mol. The first-order chi connectivity index (χ1) is 22.8. The topological polar surface area (TPSA) is 24.7 Å². The highest BCUT2D eigenvalue weighted by atomic mass is 14.9. The summed E-state index contributed by atoms with van der Waals surface area (Å²) >= 11 is 0. The Morgan fingerprint density at radius 2 is 0.609 bits per heavy atom. The molecule has 8 rings (SSSR count). The Kier molecular flexibility index (Phi) is 7.38. The van der Waals surface area contributed by atoms with Gasteiger partial charge in [0.05, 0.1) is 0 Å². The maximum Gasteiger partial charge on any atom is 0.101 e. The normalized spacial score (nSPS) is 13.3. The lowest BCUT2D eigenvalue weighted by atomic mass is 9.91. The summed E-state index contributed by atoms with van der Waals surface area (Å²) in [6, 6.07) is 59.8. The first kappa shape index (κ1) is 27.7. The number of fused-ring (bicyclic) bond motifs is 4. The van der Waals surface area contributed by atoms with Crippen LogP contribution in [0.15, 0.2) is 180 Å². The Morgan fingerprint density at radius 3 is 0.978 bits per heavy atom. The van der Waals surface area contributed by atoms with Crippen LogP contribution in [-0.2, 0) is 0 Å². The molecule has 0 heterocycles. The number of benzene rings is 8. The molecule has 0 fully saturated rings. The Hall–Kier alpha value is -5.86. The van der Waals surface area contributed by atoms with Gasteiger partial charge in [0.1, 0.15) is 12.1 Å². The lowest BCUT2D eigenvalue weighted by molar-refractivity contribution is 0.584. The third kappa shape index (κ3) is 5.69. The molecule has 8 aromatic carbocycles. The van der Waals surface area contributed by atoms with Gasteiger partial charge in [0.25, 0.3) is 0 Å². The maximum atomic E-state index is 5.36. The first-order valence-electron chi connectivity index (χ1n) is 15.8. The largest absolute Gasteiger partial charge is 0.282 e. The predicted octanol–water partition coefficient (Wildman–Crippen LogP) is 11.3. The molecule has 2 nitrogen and oxygen atoms in total. The van der Waals surface area contributed by atoms with Gasteiger partial charge in [0, 0.05) is 12.4 Å². The second kappa shape index (κ2) is 12.3. The zero-order valence-electron chi connectivity index (χ0n) is 25.4. The fraction of sp³-hybridized carbons (Fsp3) is 0.0455. The molecule has 2 unspecified atom stereocenters. The van der Waals surface area contributed by atoms with Crippen LogP contribution in [0.25, 0.3) is 43.1 Å². The average Bonchev–Trinajstić information content (AvgIpc) is 3.12. The molecule has 0 aliphatic heterocycles. The van der Waals surface area contributed by atoms with E-state index < -0.39 is 0 Å². The predicted molar refractivity (Wildman–Crippen MR) is 196 cm³/mol. The van der Waals surface area contributed by atoms with Crippen molar-refractivity contribution >= 4 is 55.5 Å². The number of nitrogens with zero attached hydrogens (tertiary/aromatic N) is 2. The molecule has 0 aliphatic carbocycles. The second-order valence-electron chi connectivity index (χ2n) is 11.9. The van der Waals surface area contributed by atoms with Crippen LogP contribution in [0.5, 0.6) is 0 Å². The molecule has 0 bridgehead atoms. The van der Waals surface area contributed by atoms with Crippen LogP contribution in [0.4, 0.5) is 0 Å². The fourth-order valence-corrected chi connectivity index (χ4v) is 6.39. The second-order valence-corrected chi connectivity index (χ2v) is 11.9. The van der Waals surface area contributed by atoms with Crippen LogP contribution in [-0.4, -0.2) is 12.4 Å². The molecule has 8 aromatic rings. The van der Waals surface area contributed by atoms with Crippen LogP contribution < -0.4 is 0 Å². The molecule has 46 heavy (non-hydrogen) atoms. The molecule has 0 saturated heterocycles. The first-order valence-corrected chi connectivity index (χ1v) is 15.8. The molecule has 0 N–H and O–H groups in total. The van der Waals surface area contributed by atoms with Crippen molar-refractivity contribution in [1.29, 1.82) is 0 Å². The summed E-state index contributed by atoms with van der Waals surface area (Å²) in [5.74, 6) is 0. The molecule has 0 aliphatic rings. The summed E-state index contributed by atoms with van der Waals surface area (Å²) in [6.07, 6.45) is 4.04. The van der Waals surface area contributed by atoms with Crippen molar-refractivity contribution in [1.82, 2.24) is 0 Å². The van der Waals surface area contributed by atoms with E-state index >= 15 is 0 Å². The van der Waals surface area contributed by atoms with Crippen molar-refractivity contribution in [2.24, 2.45) is 9.98 Å². The Morgan fingerprint density at radius 1 is 0.304 bits per heavy atom. The van der Waals surface area contributed by atoms with E-state index in [0.717, 1.165) is 22.3 Å². The number of hydrogen-bond donors (Lipinski definition) is 0. The highest BCUT2D eigenvalue weighted by molar-refractivity contribution is 5.92. The van der Waals surface area contributed by atoms with Gasteiger partial charge in [-0.15, -0.1) is 0 Å². The van der Waals surface area contributed by atoms with E-state index in [2.05, 4.69) is 170 Å². The summed E-state index contributed by atoms with van der Waals surface area (Å²) < 4.78 is 0. The van der Waals surface area contributed by atoms with E-state index in [9.17, 15) is 0 Å². The molecule has 0 spiro atoms. The number of hydrogen-bond acceptors (Lipinski definition) is 2. The highest BCUT2D eigenvalue weighted by Crippen LogP contribution is 2.38. The zero-order chi connectivity index (χ0) is 30.7. The van der Waals surface area contributed by atoms with Gasteiger partial charge < -0.3 is 0 Å². The van der Waals surface area contributed by atoms with Gasteiger partial charge in [0.15, 0.2) is 0 Å². The van der Waals surface area contributed by atoms with Crippen LogP contribution in [0.1, 0.15) is 34.3 Å². The number of aliphatic imine (C=N–C) groups is 2. The fourth-order valence-electron chi connectivity index (χ4n) is 6.39. The van der Waals surface area contributed by atoms with E-state index in [1.54, 1.807) is 0 Å². The maximum absolute atomic E-state index is 5.36. The molecule has 2 atom stereocenters. The Bertz CT molecular complexity index is 2230. The molecule has 0 saturated carbocycles. The summed E-state index contributed by atoms with van der Waals surface area (Å²) in [7, 11) is 0. The van der Waals surface area contributed by atoms with E-state index in [4.69, 9.17) is 9.98 Å². The summed E-state index contributed by atoms with van der Waals surface area (Å²) in [5.41, 5.74) is 4.40. The third-order valence-electron chi connectivity index (χ3n) is 8.84. The molecule has 0 amide bonds. The average molecular weight is 589 g/mol. The van der Waals surface area contributed by atoms with Gasteiger partial charge in [-0.2, -0.15) is 0 Å². The standard InChI is InChI=1S/C44H32N2/c1-5-13-37-25-31(17-19-33(37)9-1)29-45-43(41-23-21-35-11-3-7-15-39(35)27-41)44(42-24-22-36-12-4-8-16-40(36)28-42)46-30-32-18-20-34-10-2-6-14-38(34)26-32/h1-30,43-44H. The minimum Gasteiger partial charge on any atom is -0.282 e. The minimum atomic E-state index is -0.256. The van der Waals surface area contributed by atoms with Crippen molar-refractivity contribution in [3.8, 4) is 0 Å². The zero-order valence-corrected chi connectivity index (χ0v) is 25.4. The molecule has 0 aromatic heterocycles. The summed E-state index contributed by atoms with van der Waals surface area (Å²) in [6.45, 7) is 0. The SMILES string of the molecule is C(=NC(c1ccc2ccccc2c1)C(N=Cc1ccc2ccccc2c1)c1ccc2ccccc2c1)c1ccc2ccccc2c1. The molecule has 218 valence electrons. The van der Waals surface area contributed by atoms with Crippen molar-refractivity contribution in [2.75, 3.05) is 0 Å². The van der Waals surface area contributed by atoms with Gasteiger partial charge in [-0.05, 0) is 89.6 Å². The minimum absolute atomic E-state index is 0.256. The van der Waals surface area contributed by atoms with Crippen LogP contribution in [0, 0.1) is 0 Å². The quantitative estimate of drug-likeness (QED) is 0.165. The molecule has 0 radical (unpaired) electrons. The Balaban J connectivity index is 1.28. The van der Waals surface area contributed by atoms with E-state index in [1.807, 2.05) is 12.4 Å². The van der Waals surface area contributed by atoms with Crippen molar-refractivity contribution in [2.45, 2.75) is 12.1 Å². The van der Waals surface area contributed by atoms with Crippen LogP contribution in [0.2, 0.25) is 0 Å². The van der Waals surface area contributed by atoms with E-state index in [1.165, 1.54) is 43.1 Å². The van der Waals surface area contributed by atoms with Crippen LogP contribution >= 0.6 is 0 Å². The Labute approximate surface area is 269 Å². The van der Waals surface area contributed by atoms with Crippen molar-refractivity contribution in [3.63, 3.8) is 0 Å². The summed E-state index contributed by atoms with van der Waals surface area (Å²) in [4.78, 5) is 10.7. The van der Waals surface area contributed by atoms with Gasteiger partial charge in [-0.1, -0.05) is 146 Å². The van der Waals surface area contributed by atoms with Crippen LogP contribution in [0.3, 0.4) is 0 Å². The third-order valence-corrected chi connectivity index (χ3v) is 8.84. The summed E-state index contributed by atoms with van der Waals surface area (Å²) in [5, 5.41) is 9.67. The van der Waals surface area contributed by atoms with E-state index in [0.29, 0.717) is 0 Å². The van der Waals surface area contributed by atoms with Gasteiger partial charge in [-0.3, -0.25) is 9.98 Å².